The van der Waals surface area contributed by atoms with E-state index in [1.807, 2.05) is 47.9 Å². The van der Waals surface area contributed by atoms with Crippen LogP contribution in [0.5, 0.6) is 5.75 Å². The molecule has 1 N–H and O–H groups in total. The summed E-state index contributed by atoms with van der Waals surface area (Å²) in [5.41, 5.74) is 3.10. The Morgan fingerprint density at radius 3 is 2.49 bits per heavy atom. The van der Waals surface area contributed by atoms with Gasteiger partial charge in [-0.05, 0) is 49.7 Å². The highest BCUT2D eigenvalue weighted by atomic mass is 19.1. The summed E-state index contributed by atoms with van der Waals surface area (Å²) in [5, 5.41) is 6.63. The first kappa shape index (κ1) is 24.4. The molecule has 1 fully saturated rings. The molecule has 0 saturated carbocycles. The van der Waals surface area contributed by atoms with E-state index in [1.54, 1.807) is 12.1 Å². The molecule has 0 bridgehead atoms. The van der Waals surface area contributed by atoms with Crippen molar-refractivity contribution in [1.29, 1.82) is 0 Å². The SMILES string of the molecule is Cc1noc(C)c1COc1ccc(CC(=O)N2CCN(CC(=O)Nc3cccc(F)c3)CC2)cc1. The summed E-state index contributed by atoms with van der Waals surface area (Å²) in [4.78, 5) is 28.8. The van der Waals surface area contributed by atoms with Crippen LogP contribution < -0.4 is 10.1 Å². The summed E-state index contributed by atoms with van der Waals surface area (Å²) in [5.74, 6) is 0.919. The van der Waals surface area contributed by atoms with E-state index in [0.29, 0.717) is 50.6 Å². The molecule has 1 aromatic heterocycles. The Morgan fingerprint density at radius 2 is 1.83 bits per heavy atom. The third kappa shape index (κ3) is 6.66. The standard InChI is InChI=1S/C26H29FN4O4/c1-18-24(19(2)35-29-18)17-34-23-8-6-20(7-9-23)14-26(33)31-12-10-30(11-13-31)16-25(32)28-22-5-3-4-21(27)15-22/h3-9,15H,10-14,16-17H2,1-2H3,(H,28,32). The number of ether oxygens (including phenoxy) is 1. The van der Waals surface area contributed by atoms with E-state index in [9.17, 15) is 14.0 Å². The van der Waals surface area contributed by atoms with Gasteiger partial charge in [0.25, 0.3) is 0 Å². The van der Waals surface area contributed by atoms with E-state index in [1.165, 1.54) is 12.1 Å². The summed E-state index contributed by atoms with van der Waals surface area (Å²) in [6.07, 6.45) is 0.310. The van der Waals surface area contributed by atoms with Crippen LogP contribution in [0.15, 0.2) is 53.1 Å². The molecule has 2 aromatic carbocycles. The molecule has 0 unspecified atom stereocenters. The molecule has 9 heteroatoms. The normalized spacial score (nSPS) is 14.1. The van der Waals surface area contributed by atoms with Gasteiger partial charge in [-0.3, -0.25) is 14.5 Å². The fourth-order valence-electron chi connectivity index (χ4n) is 3.98. The molecule has 0 spiro atoms. The van der Waals surface area contributed by atoms with E-state index < -0.39 is 5.82 Å². The van der Waals surface area contributed by atoms with Crippen LogP contribution in [0, 0.1) is 19.7 Å². The second-order valence-corrected chi connectivity index (χ2v) is 8.63. The van der Waals surface area contributed by atoms with Crippen LogP contribution in [0.4, 0.5) is 10.1 Å². The molecule has 0 atom stereocenters. The quantitative estimate of drug-likeness (QED) is 0.532. The number of amides is 2. The third-order valence-electron chi connectivity index (χ3n) is 6.04. The van der Waals surface area contributed by atoms with Gasteiger partial charge in [-0.15, -0.1) is 0 Å². The first-order chi connectivity index (χ1) is 16.9. The molecule has 1 aliphatic rings. The van der Waals surface area contributed by atoms with Gasteiger partial charge in [-0.1, -0.05) is 23.4 Å². The van der Waals surface area contributed by atoms with E-state index in [2.05, 4.69) is 10.5 Å². The van der Waals surface area contributed by atoms with E-state index in [4.69, 9.17) is 9.26 Å². The lowest BCUT2D eigenvalue weighted by molar-refractivity contribution is -0.132. The summed E-state index contributed by atoms with van der Waals surface area (Å²) in [7, 11) is 0. The zero-order valence-corrected chi connectivity index (χ0v) is 19.9. The van der Waals surface area contributed by atoms with Crippen LogP contribution in [0.1, 0.15) is 22.6 Å². The minimum absolute atomic E-state index is 0.0539. The highest BCUT2D eigenvalue weighted by molar-refractivity contribution is 5.92. The Balaban J connectivity index is 1.20. The number of benzene rings is 2. The van der Waals surface area contributed by atoms with E-state index >= 15 is 0 Å². The minimum atomic E-state index is -0.394. The fourth-order valence-corrected chi connectivity index (χ4v) is 3.98. The average molecular weight is 481 g/mol. The molecule has 1 aliphatic heterocycles. The zero-order valence-electron chi connectivity index (χ0n) is 19.9. The maximum atomic E-state index is 13.3. The largest absolute Gasteiger partial charge is 0.489 e. The Labute approximate surface area is 203 Å². The number of aryl methyl sites for hydroxylation is 2. The number of rotatable bonds is 8. The Kier molecular flexibility index (Phi) is 7.77. The topological polar surface area (TPSA) is 87.9 Å². The molecule has 2 heterocycles. The van der Waals surface area contributed by atoms with E-state index in [-0.39, 0.29) is 18.4 Å². The molecular formula is C26H29FN4O4. The van der Waals surface area contributed by atoms with Crippen molar-refractivity contribution in [1.82, 2.24) is 15.0 Å². The van der Waals surface area contributed by atoms with Gasteiger partial charge in [-0.25, -0.2) is 4.39 Å². The smallest absolute Gasteiger partial charge is 0.238 e. The van der Waals surface area contributed by atoms with Gasteiger partial charge in [0.05, 0.1) is 24.2 Å². The minimum Gasteiger partial charge on any atom is -0.489 e. The fraction of sp³-hybridized carbons (Fsp3) is 0.346. The van der Waals surface area contributed by atoms with Gasteiger partial charge in [0.1, 0.15) is 23.9 Å². The Bertz CT molecular complexity index is 1150. The van der Waals surface area contributed by atoms with Crippen LogP contribution in [-0.4, -0.2) is 59.5 Å². The number of hydrogen-bond donors (Lipinski definition) is 1. The van der Waals surface area contributed by atoms with Crippen LogP contribution in [0.25, 0.3) is 0 Å². The van der Waals surface area contributed by atoms with Gasteiger partial charge in [0.15, 0.2) is 0 Å². The summed E-state index contributed by atoms with van der Waals surface area (Å²) in [6, 6.07) is 13.3. The van der Waals surface area contributed by atoms with E-state index in [0.717, 1.165) is 22.6 Å². The van der Waals surface area contributed by atoms with Crippen molar-refractivity contribution >= 4 is 17.5 Å². The first-order valence-electron chi connectivity index (χ1n) is 11.6. The molecule has 4 rings (SSSR count). The highest BCUT2D eigenvalue weighted by Gasteiger charge is 2.22. The van der Waals surface area contributed by atoms with Crippen molar-refractivity contribution in [2.24, 2.45) is 0 Å². The molecule has 2 amide bonds. The summed E-state index contributed by atoms with van der Waals surface area (Å²) in [6.45, 7) is 6.65. The number of piperazine rings is 1. The third-order valence-corrected chi connectivity index (χ3v) is 6.04. The number of carbonyl (C=O) groups is 2. The number of halogens is 1. The lowest BCUT2D eigenvalue weighted by Gasteiger charge is -2.34. The van der Waals surface area contributed by atoms with Gasteiger partial charge >= 0.3 is 0 Å². The van der Waals surface area contributed by atoms with Crippen molar-refractivity contribution in [3.05, 3.63) is 76.9 Å². The number of hydrogen-bond acceptors (Lipinski definition) is 6. The van der Waals surface area contributed by atoms with Crippen LogP contribution in [0.3, 0.4) is 0 Å². The number of aromatic nitrogens is 1. The Morgan fingerprint density at radius 1 is 1.09 bits per heavy atom. The zero-order chi connectivity index (χ0) is 24.8. The van der Waals surface area contributed by atoms with Crippen LogP contribution in [-0.2, 0) is 22.6 Å². The van der Waals surface area contributed by atoms with Gasteiger partial charge in [0, 0.05) is 31.9 Å². The molecule has 3 aromatic rings. The predicted molar refractivity (Wildman–Crippen MR) is 129 cm³/mol. The van der Waals surface area contributed by atoms with Gasteiger partial charge in [-0.2, -0.15) is 0 Å². The number of nitrogens with zero attached hydrogens (tertiary/aromatic N) is 3. The summed E-state index contributed by atoms with van der Waals surface area (Å²) < 4.78 is 24.2. The molecule has 0 radical (unpaired) electrons. The van der Waals surface area contributed by atoms with Crippen molar-refractivity contribution in [3.63, 3.8) is 0 Å². The predicted octanol–water partition coefficient (Wildman–Crippen LogP) is 3.33. The average Bonchev–Trinajstić information content (AvgIpc) is 3.16. The second-order valence-electron chi connectivity index (χ2n) is 8.63. The number of nitrogens with one attached hydrogen (secondary N) is 1. The number of anilines is 1. The molecule has 35 heavy (non-hydrogen) atoms. The monoisotopic (exact) mass is 480 g/mol. The second kappa shape index (κ2) is 11.1. The lowest BCUT2D eigenvalue weighted by atomic mass is 10.1. The molecule has 8 nitrogen and oxygen atoms in total. The summed E-state index contributed by atoms with van der Waals surface area (Å²) >= 11 is 0. The lowest BCUT2D eigenvalue weighted by Crippen LogP contribution is -2.50. The van der Waals surface area contributed by atoms with Crippen LogP contribution >= 0.6 is 0 Å². The molecule has 0 aliphatic carbocycles. The molecular weight excluding hydrogens is 451 g/mol. The maximum Gasteiger partial charge on any atom is 0.238 e. The van der Waals surface area contributed by atoms with Crippen molar-refractivity contribution in [2.45, 2.75) is 26.9 Å². The molecule has 1 saturated heterocycles. The highest BCUT2D eigenvalue weighted by Crippen LogP contribution is 2.18. The van der Waals surface area contributed by atoms with Crippen molar-refractivity contribution in [2.75, 3.05) is 38.0 Å². The first-order valence-corrected chi connectivity index (χ1v) is 11.6. The molecule has 184 valence electrons. The van der Waals surface area contributed by atoms with Gasteiger partial charge < -0.3 is 19.5 Å². The van der Waals surface area contributed by atoms with Crippen LogP contribution in [0.2, 0.25) is 0 Å². The number of carbonyl (C=O) groups excluding carboxylic acids is 2. The Hall–Kier alpha value is -3.72. The maximum absolute atomic E-state index is 13.3. The van der Waals surface area contributed by atoms with Crippen molar-refractivity contribution < 1.29 is 23.2 Å². The van der Waals surface area contributed by atoms with Crippen molar-refractivity contribution in [3.8, 4) is 5.75 Å². The van der Waals surface area contributed by atoms with Gasteiger partial charge in [0.2, 0.25) is 11.8 Å².